The number of rotatable bonds is 4. The Morgan fingerprint density at radius 3 is 2.71 bits per heavy atom. The maximum absolute atomic E-state index is 12.9. The molecule has 2 heterocycles. The van der Waals surface area contributed by atoms with Crippen molar-refractivity contribution in [3.63, 3.8) is 0 Å². The molecule has 6 heteroatoms. The van der Waals surface area contributed by atoms with Crippen molar-refractivity contribution in [2.45, 2.75) is 25.9 Å². The summed E-state index contributed by atoms with van der Waals surface area (Å²) < 4.78 is 5.34. The third kappa shape index (κ3) is 2.60. The van der Waals surface area contributed by atoms with Crippen molar-refractivity contribution in [1.82, 2.24) is 15.2 Å². The van der Waals surface area contributed by atoms with E-state index >= 15 is 0 Å². The molecular formula is C18H19N3O3. The Morgan fingerprint density at radius 2 is 2.04 bits per heavy atom. The fourth-order valence-electron chi connectivity index (χ4n) is 2.87. The summed E-state index contributed by atoms with van der Waals surface area (Å²) in [4.78, 5) is 30.7. The van der Waals surface area contributed by atoms with Crippen LogP contribution in [0.1, 0.15) is 23.7 Å². The average Bonchev–Trinajstić information content (AvgIpc) is 2.80. The van der Waals surface area contributed by atoms with Gasteiger partial charge in [0.1, 0.15) is 5.75 Å². The highest BCUT2D eigenvalue weighted by molar-refractivity contribution is 6.06. The molecule has 3 rings (SSSR count). The van der Waals surface area contributed by atoms with Crippen LogP contribution in [0.3, 0.4) is 0 Å². The first kappa shape index (κ1) is 16.0. The molecule has 0 spiro atoms. The zero-order valence-corrected chi connectivity index (χ0v) is 13.9. The van der Waals surface area contributed by atoms with E-state index in [-0.39, 0.29) is 12.5 Å². The first-order valence-corrected chi connectivity index (χ1v) is 7.65. The first-order valence-electron chi connectivity index (χ1n) is 7.65. The van der Waals surface area contributed by atoms with Gasteiger partial charge in [0.25, 0.3) is 5.91 Å². The lowest BCUT2D eigenvalue weighted by Crippen LogP contribution is -2.41. The van der Waals surface area contributed by atoms with Gasteiger partial charge in [-0.2, -0.15) is 0 Å². The van der Waals surface area contributed by atoms with Crippen LogP contribution >= 0.6 is 0 Å². The number of urea groups is 1. The summed E-state index contributed by atoms with van der Waals surface area (Å²) in [6.45, 7) is 3.77. The van der Waals surface area contributed by atoms with Crippen LogP contribution in [0.15, 0.2) is 42.6 Å². The SMILES string of the molecule is COc1ccc(C)cc1CN1C(=O)N[C@@](C)(c2ccccn2)C1=O. The van der Waals surface area contributed by atoms with Gasteiger partial charge in [-0.1, -0.05) is 23.8 Å². The molecule has 1 aromatic carbocycles. The quantitative estimate of drug-likeness (QED) is 0.876. The molecule has 3 amide bonds. The van der Waals surface area contributed by atoms with E-state index in [2.05, 4.69) is 10.3 Å². The molecule has 0 bridgehead atoms. The third-order valence-corrected chi connectivity index (χ3v) is 4.22. The Balaban J connectivity index is 1.92. The minimum absolute atomic E-state index is 0.151. The number of pyridine rings is 1. The Labute approximate surface area is 140 Å². The van der Waals surface area contributed by atoms with Crippen molar-refractivity contribution in [3.05, 3.63) is 59.4 Å². The molecule has 0 unspecified atom stereocenters. The summed E-state index contributed by atoms with van der Waals surface area (Å²) in [5.41, 5.74) is 1.17. The monoisotopic (exact) mass is 325 g/mol. The number of nitrogens with zero attached hydrogens (tertiary/aromatic N) is 2. The minimum atomic E-state index is -1.16. The van der Waals surface area contributed by atoms with Crippen LogP contribution in [0, 0.1) is 6.92 Å². The molecule has 124 valence electrons. The lowest BCUT2D eigenvalue weighted by atomic mass is 9.97. The number of ether oxygens (including phenoxy) is 1. The van der Waals surface area contributed by atoms with Crippen molar-refractivity contribution in [2.24, 2.45) is 0 Å². The van der Waals surface area contributed by atoms with Crippen LogP contribution in [-0.2, 0) is 16.9 Å². The number of amides is 3. The summed E-state index contributed by atoms with van der Waals surface area (Å²) in [6.07, 6.45) is 1.60. The van der Waals surface area contributed by atoms with Crippen molar-refractivity contribution in [1.29, 1.82) is 0 Å². The molecule has 0 aliphatic carbocycles. The predicted molar refractivity (Wildman–Crippen MR) is 88.4 cm³/mol. The van der Waals surface area contributed by atoms with Gasteiger partial charge >= 0.3 is 6.03 Å². The number of hydrogen-bond donors (Lipinski definition) is 1. The van der Waals surface area contributed by atoms with Gasteiger partial charge in [-0.15, -0.1) is 0 Å². The molecule has 2 aromatic rings. The molecule has 1 atom stereocenters. The molecule has 1 aliphatic heterocycles. The summed E-state index contributed by atoms with van der Waals surface area (Å²) in [5, 5.41) is 2.75. The van der Waals surface area contributed by atoms with E-state index in [0.29, 0.717) is 11.4 Å². The minimum Gasteiger partial charge on any atom is -0.496 e. The van der Waals surface area contributed by atoms with Crippen LogP contribution in [0.5, 0.6) is 5.75 Å². The van der Waals surface area contributed by atoms with Crippen molar-refractivity contribution in [2.75, 3.05) is 7.11 Å². The second kappa shape index (κ2) is 5.96. The molecule has 0 radical (unpaired) electrons. The zero-order chi connectivity index (χ0) is 17.3. The second-order valence-corrected chi connectivity index (χ2v) is 5.98. The highest BCUT2D eigenvalue weighted by Crippen LogP contribution is 2.30. The summed E-state index contributed by atoms with van der Waals surface area (Å²) in [7, 11) is 1.57. The number of hydrogen-bond acceptors (Lipinski definition) is 4. The van der Waals surface area contributed by atoms with Gasteiger partial charge in [-0.05, 0) is 32.0 Å². The van der Waals surface area contributed by atoms with Crippen LogP contribution in [-0.4, -0.2) is 28.9 Å². The average molecular weight is 325 g/mol. The number of aromatic nitrogens is 1. The van der Waals surface area contributed by atoms with Gasteiger partial charge < -0.3 is 10.1 Å². The van der Waals surface area contributed by atoms with Crippen molar-refractivity contribution in [3.8, 4) is 5.75 Å². The van der Waals surface area contributed by atoms with E-state index in [9.17, 15) is 9.59 Å². The molecular weight excluding hydrogens is 306 g/mol. The number of aryl methyl sites for hydroxylation is 1. The van der Waals surface area contributed by atoms with Gasteiger partial charge in [0.05, 0.1) is 19.3 Å². The number of methoxy groups -OCH3 is 1. The zero-order valence-electron chi connectivity index (χ0n) is 13.9. The number of carbonyl (C=O) groups excluding carboxylic acids is 2. The van der Waals surface area contributed by atoms with Gasteiger partial charge in [-0.3, -0.25) is 14.7 Å². The first-order chi connectivity index (χ1) is 11.5. The van der Waals surface area contributed by atoms with Crippen LogP contribution in [0.4, 0.5) is 4.79 Å². The Hall–Kier alpha value is -2.89. The number of imide groups is 1. The van der Waals surface area contributed by atoms with E-state index < -0.39 is 11.6 Å². The molecule has 0 saturated carbocycles. The number of carbonyl (C=O) groups is 2. The predicted octanol–water partition coefficient (Wildman–Crippen LogP) is 2.37. The van der Waals surface area contributed by atoms with Crippen molar-refractivity contribution >= 4 is 11.9 Å². The van der Waals surface area contributed by atoms with Crippen molar-refractivity contribution < 1.29 is 14.3 Å². The van der Waals surface area contributed by atoms with E-state index in [0.717, 1.165) is 11.1 Å². The maximum atomic E-state index is 12.9. The third-order valence-electron chi connectivity index (χ3n) is 4.22. The molecule has 6 nitrogen and oxygen atoms in total. The highest BCUT2D eigenvalue weighted by atomic mass is 16.5. The summed E-state index contributed by atoms with van der Waals surface area (Å²) in [5.74, 6) is 0.322. The molecule has 1 N–H and O–H groups in total. The smallest absolute Gasteiger partial charge is 0.325 e. The van der Waals surface area contributed by atoms with Crippen LogP contribution in [0.2, 0.25) is 0 Å². The van der Waals surface area contributed by atoms with E-state index in [1.54, 1.807) is 38.4 Å². The van der Waals surface area contributed by atoms with E-state index in [1.807, 2.05) is 25.1 Å². The highest BCUT2D eigenvalue weighted by Gasteiger charge is 2.50. The van der Waals surface area contributed by atoms with E-state index in [4.69, 9.17) is 4.74 Å². The Morgan fingerprint density at radius 1 is 1.25 bits per heavy atom. The molecule has 1 fully saturated rings. The summed E-state index contributed by atoms with van der Waals surface area (Å²) in [6, 6.07) is 10.5. The standard InChI is InChI=1S/C18H19N3O3/c1-12-7-8-14(24-3)13(10-12)11-21-16(22)18(2,20-17(21)23)15-6-4-5-9-19-15/h4-10H,11H2,1-3H3,(H,20,23)/t18-/m0/s1. The van der Waals surface area contributed by atoms with Gasteiger partial charge in [0.15, 0.2) is 5.54 Å². The summed E-state index contributed by atoms with van der Waals surface area (Å²) >= 11 is 0. The second-order valence-electron chi connectivity index (χ2n) is 5.98. The maximum Gasteiger partial charge on any atom is 0.325 e. The van der Waals surface area contributed by atoms with Gasteiger partial charge in [0.2, 0.25) is 0 Å². The van der Waals surface area contributed by atoms with Gasteiger partial charge in [-0.25, -0.2) is 4.79 Å². The Kier molecular flexibility index (Phi) is 3.97. The molecule has 1 aliphatic rings. The lowest BCUT2D eigenvalue weighted by molar-refractivity contribution is -0.131. The van der Waals surface area contributed by atoms with Crippen LogP contribution < -0.4 is 10.1 Å². The number of benzene rings is 1. The Bertz CT molecular complexity index is 791. The topological polar surface area (TPSA) is 71.5 Å². The molecule has 24 heavy (non-hydrogen) atoms. The van der Waals surface area contributed by atoms with E-state index in [1.165, 1.54) is 4.90 Å². The number of nitrogens with one attached hydrogen (secondary N) is 1. The normalized spacial score (nSPS) is 20.2. The molecule has 1 saturated heterocycles. The molecule has 1 aromatic heterocycles. The van der Waals surface area contributed by atoms with Crippen LogP contribution in [0.25, 0.3) is 0 Å². The van der Waals surface area contributed by atoms with Gasteiger partial charge in [0, 0.05) is 11.8 Å². The fourth-order valence-corrected chi connectivity index (χ4v) is 2.87. The lowest BCUT2D eigenvalue weighted by Gasteiger charge is -2.21. The largest absolute Gasteiger partial charge is 0.496 e. The fraction of sp³-hybridized carbons (Fsp3) is 0.278.